The second kappa shape index (κ2) is 11.6. The molecule has 1 aromatic heterocycles. The second-order valence-electron chi connectivity index (χ2n) is 12.8. The summed E-state index contributed by atoms with van der Waals surface area (Å²) in [6.45, 7) is 13.3. The van der Waals surface area contributed by atoms with Gasteiger partial charge in [0.05, 0.1) is 11.4 Å². The van der Waals surface area contributed by atoms with Crippen molar-refractivity contribution in [3.63, 3.8) is 0 Å². The van der Waals surface area contributed by atoms with E-state index in [2.05, 4.69) is 102 Å². The summed E-state index contributed by atoms with van der Waals surface area (Å²) >= 11 is 0. The molecule has 0 aliphatic rings. The molecule has 2 nitrogen and oxygen atoms in total. The third-order valence-corrected chi connectivity index (χ3v) is 9.99. The van der Waals surface area contributed by atoms with Crippen LogP contribution in [0.5, 0.6) is 0 Å². The SMILES string of the molecule is CC(C)(C)c1ccc(-c2cc(C#CP(=O)(c3ccccc3)c3ccccc3)cc(-c3ccc(C(C)(C)C)cc3)n2)cc1. The summed E-state index contributed by atoms with van der Waals surface area (Å²) in [5, 5.41) is 1.46. The first-order valence-electron chi connectivity index (χ1n) is 14.4. The van der Waals surface area contributed by atoms with Gasteiger partial charge in [-0.25, -0.2) is 4.98 Å². The fourth-order valence-corrected chi connectivity index (χ4v) is 6.90. The van der Waals surface area contributed by atoms with E-state index in [4.69, 9.17) is 4.98 Å². The lowest BCUT2D eigenvalue weighted by molar-refractivity contribution is 0.590. The van der Waals surface area contributed by atoms with E-state index >= 15 is 0 Å². The number of nitrogens with zero attached hydrogens (tertiary/aromatic N) is 1. The molecule has 0 aliphatic heterocycles. The third kappa shape index (κ3) is 6.49. The predicted molar refractivity (Wildman–Crippen MR) is 179 cm³/mol. The van der Waals surface area contributed by atoms with Crippen LogP contribution in [0.4, 0.5) is 0 Å². The Morgan fingerprint density at radius 1 is 0.548 bits per heavy atom. The van der Waals surface area contributed by atoms with Crippen molar-refractivity contribution in [3.05, 3.63) is 138 Å². The monoisotopic (exact) mass is 567 g/mol. The van der Waals surface area contributed by atoms with Crippen LogP contribution in [0.25, 0.3) is 22.5 Å². The van der Waals surface area contributed by atoms with Crippen LogP contribution in [0.1, 0.15) is 58.2 Å². The van der Waals surface area contributed by atoms with Crippen LogP contribution in [0.15, 0.2) is 121 Å². The van der Waals surface area contributed by atoms with Gasteiger partial charge in [0.15, 0.2) is 0 Å². The number of pyridine rings is 1. The summed E-state index contributed by atoms with van der Waals surface area (Å²) in [5.41, 5.74) is 10.4. The van der Waals surface area contributed by atoms with Crippen molar-refractivity contribution in [2.24, 2.45) is 0 Å². The van der Waals surface area contributed by atoms with Crippen molar-refractivity contribution in [2.75, 3.05) is 0 Å². The van der Waals surface area contributed by atoms with Crippen LogP contribution in [-0.4, -0.2) is 4.98 Å². The molecular weight excluding hydrogens is 529 g/mol. The molecule has 3 heteroatoms. The normalized spacial score (nSPS) is 12.0. The maximum Gasteiger partial charge on any atom is 0.211 e. The molecular formula is C39H38NOP. The molecule has 1 heterocycles. The van der Waals surface area contributed by atoms with Gasteiger partial charge in [0.2, 0.25) is 7.14 Å². The van der Waals surface area contributed by atoms with Crippen molar-refractivity contribution in [3.8, 4) is 34.1 Å². The molecule has 4 aromatic carbocycles. The number of rotatable bonds is 4. The fourth-order valence-electron chi connectivity index (χ4n) is 4.88. The van der Waals surface area contributed by atoms with E-state index in [1.165, 1.54) is 11.1 Å². The highest BCUT2D eigenvalue weighted by molar-refractivity contribution is 7.83. The third-order valence-electron chi connectivity index (χ3n) is 7.52. The van der Waals surface area contributed by atoms with Gasteiger partial charge in [-0.1, -0.05) is 157 Å². The molecule has 0 spiro atoms. The molecule has 0 amide bonds. The zero-order valence-corrected chi connectivity index (χ0v) is 26.2. The smallest absolute Gasteiger partial charge is 0.211 e. The Balaban J connectivity index is 1.65. The van der Waals surface area contributed by atoms with E-state index in [9.17, 15) is 4.57 Å². The molecule has 5 rings (SSSR count). The van der Waals surface area contributed by atoms with Crippen LogP contribution in [0.2, 0.25) is 0 Å². The Bertz CT molecular complexity index is 1660. The molecule has 0 saturated heterocycles. The van der Waals surface area contributed by atoms with Gasteiger partial charge in [0, 0.05) is 27.3 Å². The first kappa shape index (κ1) is 29.3. The molecule has 210 valence electrons. The summed E-state index contributed by atoms with van der Waals surface area (Å²) in [6, 6.07) is 40.4. The average molecular weight is 568 g/mol. The van der Waals surface area contributed by atoms with Crippen molar-refractivity contribution >= 4 is 17.8 Å². The Kier molecular flexibility index (Phi) is 8.10. The lowest BCUT2D eigenvalue weighted by atomic mass is 9.86. The second-order valence-corrected chi connectivity index (χ2v) is 15.3. The number of aromatic nitrogens is 1. The summed E-state index contributed by atoms with van der Waals surface area (Å²) < 4.78 is 14.6. The highest BCUT2D eigenvalue weighted by atomic mass is 31.2. The first-order valence-corrected chi connectivity index (χ1v) is 16.1. The summed E-state index contributed by atoms with van der Waals surface area (Å²) in [4.78, 5) is 5.08. The van der Waals surface area contributed by atoms with E-state index in [-0.39, 0.29) is 10.8 Å². The van der Waals surface area contributed by atoms with E-state index in [1.54, 1.807) is 0 Å². The molecule has 0 bridgehead atoms. The van der Waals surface area contributed by atoms with Gasteiger partial charge in [-0.05, 0) is 39.8 Å². The Morgan fingerprint density at radius 3 is 1.29 bits per heavy atom. The molecule has 0 fully saturated rings. The van der Waals surface area contributed by atoms with Gasteiger partial charge < -0.3 is 0 Å². The Labute approximate surface area is 251 Å². The van der Waals surface area contributed by atoms with Crippen molar-refractivity contribution < 1.29 is 4.57 Å². The van der Waals surface area contributed by atoms with Gasteiger partial charge in [0.1, 0.15) is 0 Å². The first-order chi connectivity index (χ1) is 19.9. The number of hydrogen-bond donors (Lipinski definition) is 0. The summed E-state index contributed by atoms with van der Waals surface area (Å²) in [5.74, 6) is 3.32. The predicted octanol–water partition coefficient (Wildman–Crippen LogP) is 9.33. The largest absolute Gasteiger partial charge is 0.300 e. The molecule has 42 heavy (non-hydrogen) atoms. The topological polar surface area (TPSA) is 30.0 Å². The molecule has 0 radical (unpaired) electrons. The highest BCUT2D eigenvalue weighted by Crippen LogP contribution is 2.42. The molecule has 0 unspecified atom stereocenters. The van der Waals surface area contributed by atoms with E-state index in [1.807, 2.05) is 72.8 Å². The van der Waals surface area contributed by atoms with Crippen molar-refractivity contribution in [1.29, 1.82) is 0 Å². The van der Waals surface area contributed by atoms with E-state index in [0.29, 0.717) is 0 Å². The van der Waals surface area contributed by atoms with Gasteiger partial charge in [-0.15, -0.1) is 0 Å². The van der Waals surface area contributed by atoms with Crippen molar-refractivity contribution in [2.45, 2.75) is 52.4 Å². The fraction of sp³-hybridized carbons (Fsp3) is 0.205. The molecule has 0 saturated carbocycles. The van der Waals surface area contributed by atoms with Gasteiger partial charge in [-0.2, -0.15) is 0 Å². The standard InChI is InChI=1S/C39H38NOP/c1-38(2,3)32-21-17-30(18-22-32)36-27-29(28-37(40-36)31-19-23-33(24-20-31)39(4,5)6)25-26-42(41,34-13-9-7-10-14-34)35-15-11-8-12-16-35/h7-24,27-28H,1-6H3. The summed E-state index contributed by atoms with van der Waals surface area (Å²) in [6.07, 6.45) is 0. The van der Waals surface area contributed by atoms with E-state index < -0.39 is 7.14 Å². The van der Waals surface area contributed by atoms with Crippen molar-refractivity contribution in [1.82, 2.24) is 4.98 Å². The number of hydrogen-bond acceptors (Lipinski definition) is 2. The maximum absolute atomic E-state index is 14.6. The molecule has 5 aromatic rings. The minimum Gasteiger partial charge on any atom is -0.300 e. The van der Waals surface area contributed by atoms with Crippen LogP contribution >= 0.6 is 7.14 Å². The zero-order chi connectivity index (χ0) is 30.0. The molecule has 0 aliphatic carbocycles. The number of benzene rings is 4. The maximum atomic E-state index is 14.6. The minimum atomic E-state index is -3.20. The van der Waals surface area contributed by atoms with Crippen LogP contribution in [-0.2, 0) is 15.4 Å². The lowest BCUT2D eigenvalue weighted by Crippen LogP contribution is -2.14. The van der Waals surface area contributed by atoms with Crippen LogP contribution in [0.3, 0.4) is 0 Å². The zero-order valence-electron chi connectivity index (χ0n) is 25.3. The van der Waals surface area contributed by atoms with Gasteiger partial charge >= 0.3 is 0 Å². The molecule has 0 atom stereocenters. The van der Waals surface area contributed by atoms with Gasteiger partial charge in [-0.3, -0.25) is 4.57 Å². The van der Waals surface area contributed by atoms with Gasteiger partial charge in [0.25, 0.3) is 0 Å². The van der Waals surface area contributed by atoms with Crippen LogP contribution in [0, 0.1) is 11.6 Å². The highest BCUT2D eigenvalue weighted by Gasteiger charge is 2.24. The minimum absolute atomic E-state index is 0.0648. The summed E-state index contributed by atoms with van der Waals surface area (Å²) in [7, 11) is -3.20. The average Bonchev–Trinajstić information content (AvgIpc) is 3.00. The lowest BCUT2D eigenvalue weighted by Gasteiger charge is -2.19. The molecule has 0 N–H and O–H groups in total. The Morgan fingerprint density at radius 2 is 0.929 bits per heavy atom. The van der Waals surface area contributed by atoms with E-state index in [0.717, 1.165) is 38.7 Å². The van der Waals surface area contributed by atoms with Crippen LogP contribution < -0.4 is 10.6 Å². The quantitative estimate of drug-likeness (QED) is 0.160. The Hall–Kier alpha value is -4.18.